The van der Waals surface area contributed by atoms with E-state index in [1.807, 2.05) is 32.0 Å². The summed E-state index contributed by atoms with van der Waals surface area (Å²) in [5, 5.41) is 13.8. The Labute approximate surface area is 159 Å². The van der Waals surface area contributed by atoms with Gasteiger partial charge in [-0.15, -0.1) is 0 Å². The second-order valence-corrected chi connectivity index (χ2v) is 6.43. The third kappa shape index (κ3) is 6.02. The normalized spacial score (nSPS) is 11.0. The quantitative estimate of drug-likeness (QED) is 0.548. The van der Waals surface area contributed by atoms with E-state index in [2.05, 4.69) is 24.4 Å². The van der Waals surface area contributed by atoms with Crippen molar-refractivity contribution in [1.82, 2.24) is 5.43 Å². The standard InChI is InChI=1S/C21H26N2O4/c1-5-26-17-8-7-16(19(24)11-17)12-22-23-21(25)13-27-20-10-15(4)6-9-18(20)14(2)3/h6-12,14,24H,5,13H2,1-4H3,(H,23,25)/b22-12-. The number of aryl methyl sites for hydroxylation is 1. The summed E-state index contributed by atoms with van der Waals surface area (Å²) in [5.41, 5.74) is 4.99. The van der Waals surface area contributed by atoms with Crippen molar-refractivity contribution in [2.75, 3.05) is 13.2 Å². The Hall–Kier alpha value is -3.02. The van der Waals surface area contributed by atoms with Crippen LogP contribution in [0.3, 0.4) is 0 Å². The van der Waals surface area contributed by atoms with Gasteiger partial charge in [0.1, 0.15) is 17.2 Å². The Morgan fingerprint density at radius 1 is 1.22 bits per heavy atom. The number of amides is 1. The van der Waals surface area contributed by atoms with Crippen LogP contribution in [0.1, 0.15) is 43.4 Å². The number of aromatic hydroxyl groups is 1. The van der Waals surface area contributed by atoms with E-state index >= 15 is 0 Å². The van der Waals surface area contributed by atoms with Crippen LogP contribution in [0.4, 0.5) is 0 Å². The lowest BCUT2D eigenvalue weighted by Crippen LogP contribution is -2.25. The molecule has 0 heterocycles. The van der Waals surface area contributed by atoms with Crippen LogP contribution in [0.15, 0.2) is 41.5 Å². The molecular weight excluding hydrogens is 344 g/mol. The zero-order valence-electron chi connectivity index (χ0n) is 16.2. The predicted octanol–water partition coefficient (Wildman–Crippen LogP) is 3.75. The summed E-state index contributed by atoms with van der Waals surface area (Å²) in [4.78, 5) is 12.0. The molecule has 1 amide bonds. The molecule has 144 valence electrons. The van der Waals surface area contributed by atoms with Gasteiger partial charge in [-0.1, -0.05) is 26.0 Å². The molecule has 6 heteroatoms. The highest BCUT2D eigenvalue weighted by molar-refractivity contribution is 5.85. The van der Waals surface area contributed by atoms with E-state index in [1.165, 1.54) is 12.3 Å². The van der Waals surface area contributed by atoms with Crippen molar-refractivity contribution in [3.05, 3.63) is 53.1 Å². The van der Waals surface area contributed by atoms with Crippen LogP contribution < -0.4 is 14.9 Å². The molecule has 2 rings (SSSR count). The molecule has 2 aromatic rings. The van der Waals surface area contributed by atoms with Gasteiger partial charge in [0.25, 0.3) is 5.91 Å². The second kappa shape index (κ2) is 9.62. The molecule has 0 radical (unpaired) electrons. The van der Waals surface area contributed by atoms with Gasteiger partial charge in [0.05, 0.1) is 12.8 Å². The zero-order valence-corrected chi connectivity index (χ0v) is 16.2. The highest BCUT2D eigenvalue weighted by Gasteiger charge is 2.10. The summed E-state index contributed by atoms with van der Waals surface area (Å²) in [5.74, 6) is 1.21. The number of phenolic OH excluding ortho intramolecular Hbond substituents is 1. The van der Waals surface area contributed by atoms with Crippen LogP contribution in [0.2, 0.25) is 0 Å². The van der Waals surface area contributed by atoms with E-state index in [-0.39, 0.29) is 18.3 Å². The SMILES string of the molecule is CCOc1ccc(/C=N\NC(=O)COc2cc(C)ccc2C(C)C)c(O)c1. The van der Waals surface area contributed by atoms with Crippen LogP contribution >= 0.6 is 0 Å². The predicted molar refractivity (Wildman–Crippen MR) is 106 cm³/mol. The van der Waals surface area contributed by atoms with Gasteiger partial charge in [-0.05, 0) is 49.1 Å². The molecule has 2 aromatic carbocycles. The van der Waals surface area contributed by atoms with Crippen LogP contribution in [0.25, 0.3) is 0 Å². The molecule has 0 saturated carbocycles. The van der Waals surface area contributed by atoms with Crippen LogP contribution in [0.5, 0.6) is 17.2 Å². The fourth-order valence-electron chi connectivity index (χ4n) is 2.48. The Kier molecular flexibility index (Phi) is 7.23. The van der Waals surface area contributed by atoms with E-state index in [4.69, 9.17) is 9.47 Å². The van der Waals surface area contributed by atoms with Crippen molar-refractivity contribution in [2.24, 2.45) is 5.10 Å². The number of hydrogen-bond donors (Lipinski definition) is 2. The number of ether oxygens (including phenoxy) is 2. The average molecular weight is 370 g/mol. The van der Waals surface area contributed by atoms with Gasteiger partial charge in [0.2, 0.25) is 0 Å². The van der Waals surface area contributed by atoms with Crippen molar-refractivity contribution >= 4 is 12.1 Å². The second-order valence-electron chi connectivity index (χ2n) is 6.43. The summed E-state index contributed by atoms with van der Waals surface area (Å²) in [6, 6.07) is 10.8. The molecule has 0 atom stereocenters. The van der Waals surface area contributed by atoms with Gasteiger partial charge in [-0.2, -0.15) is 5.10 Å². The highest BCUT2D eigenvalue weighted by atomic mass is 16.5. The van der Waals surface area contributed by atoms with Crippen molar-refractivity contribution in [3.8, 4) is 17.2 Å². The lowest BCUT2D eigenvalue weighted by molar-refractivity contribution is -0.123. The number of nitrogens with zero attached hydrogens (tertiary/aromatic N) is 1. The first-order valence-corrected chi connectivity index (χ1v) is 8.91. The summed E-state index contributed by atoms with van der Waals surface area (Å²) in [6.45, 7) is 8.37. The van der Waals surface area contributed by atoms with E-state index in [1.54, 1.807) is 12.1 Å². The van der Waals surface area contributed by atoms with Gasteiger partial charge in [-0.3, -0.25) is 4.79 Å². The summed E-state index contributed by atoms with van der Waals surface area (Å²) in [6.07, 6.45) is 1.37. The number of nitrogens with one attached hydrogen (secondary N) is 1. The topological polar surface area (TPSA) is 80.2 Å². The number of carbonyl (C=O) groups is 1. The van der Waals surface area contributed by atoms with Gasteiger partial charge in [-0.25, -0.2) is 5.43 Å². The van der Waals surface area contributed by atoms with E-state index in [0.717, 1.165) is 11.1 Å². The number of carbonyl (C=O) groups excluding carboxylic acids is 1. The molecule has 6 nitrogen and oxygen atoms in total. The van der Waals surface area contributed by atoms with E-state index in [0.29, 0.717) is 29.6 Å². The maximum absolute atomic E-state index is 12.0. The fourth-order valence-corrected chi connectivity index (χ4v) is 2.48. The average Bonchev–Trinajstić information content (AvgIpc) is 2.62. The van der Waals surface area contributed by atoms with Crippen molar-refractivity contribution in [3.63, 3.8) is 0 Å². The lowest BCUT2D eigenvalue weighted by atomic mass is 10.0. The van der Waals surface area contributed by atoms with E-state index in [9.17, 15) is 9.90 Å². The maximum Gasteiger partial charge on any atom is 0.277 e. The Bertz CT molecular complexity index is 816. The third-order valence-corrected chi connectivity index (χ3v) is 3.86. The molecule has 27 heavy (non-hydrogen) atoms. The largest absolute Gasteiger partial charge is 0.507 e. The zero-order chi connectivity index (χ0) is 19.8. The Balaban J connectivity index is 1.92. The lowest BCUT2D eigenvalue weighted by Gasteiger charge is -2.14. The highest BCUT2D eigenvalue weighted by Crippen LogP contribution is 2.27. The summed E-state index contributed by atoms with van der Waals surface area (Å²) >= 11 is 0. The van der Waals surface area contributed by atoms with Crippen LogP contribution in [-0.2, 0) is 4.79 Å². The van der Waals surface area contributed by atoms with Gasteiger partial charge in [0, 0.05) is 11.6 Å². The van der Waals surface area contributed by atoms with Crippen molar-refractivity contribution in [1.29, 1.82) is 0 Å². The summed E-state index contributed by atoms with van der Waals surface area (Å²) in [7, 11) is 0. The molecule has 0 aliphatic heterocycles. The molecule has 0 aliphatic rings. The minimum Gasteiger partial charge on any atom is -0.507 e. The molecule has 0 aromatic heterocycles. The minimum atomic E-state index is -0.382. The Morgan fingerprint density at radius 3 is 2.67 bits per heavy atom. The molecule has 0 fully saturated rings. The van der Waals surface area contributed by atoms with Crippen molar-refractivity contribution < 1.29 is 19.4 Å². The molecule has 0 spiro atoms. The number of benzene rings is 2. The number of hydrazone groups is 1. The maximum atomic E-state index is 12.0. The molecule has 0 saturated heterocycles. The smallest absolute Gasteiger partial charge is 0.277 e. The monoisotopic (exact) mass is 370 g/mol. The molecule has 0 bridgehead atoms. The van der Waals surface area contributed by atoms with Crippen LogP contribution in [0, 0.1) is 6.92 Å². The van der Waals surface area contributed by atoms with E-state index < -0.39 is 0 Å². The molecule has 0 unspecified atom stereocenters. The van der Waals surface area contributed by atoms with Gasteiger partial charge in [0.15, 0.2) is 6.61 Å². The molecular formula is C21H26N2O4. The third-order valence-electron chi connectivity index (χ3n) is 3.86. The summed E-state index contributed by atoms with van der Waals surface area (Å²) < 4.78 is 11.0. The first kappa shape index (κ1) is 20.3. The number of phenols is 1. The molecule has 2 N–H and O–H groups in total. The van der Waals surface area contributed by atoms with Gasteiger partial charge < -0.3 is 14.6 Å². The van der Waals surface area contributed by atoms with Crippen LogP contribution in [-0.4, -0.2) is 30.4 Å². The van der Waals surface area contributed by atoms with Crippen molar-refractivity contribution in [2.45, 2.75) is 33.6 Å². The first-order chi connectivity index (χ1) is 12.9. The van der Waals surface area contributed by atoms with Gasteiger partial charge >= 0.3 is 0 Å². The molecule has 0 aliphatic carbocycles. The first-order valence-electron chi connectivity index (χ1n) is 8.91. The number of rotatable bonds is 8. The Morgan fingerprint density at radius 2 is 2.00 bits per heavy atom. The number of hydrogen-bond acceptors (Lipinski definition) is 5. The minimum absolute atomic E-state index is 0.0246. The fraction of sp³-hybridized carbons (Fsp3) is 0.333.